The standard InChI is InChI=1S/C15H18BrN2/c1-4-5-11-6-7-12(15(2,3)10-16)14-13(11)17-8-9-18-14/h6-9H,1,4-5,10H2,2-3H3. The van der Waals surface area contributed by atoms with Crippen molar-refractivity contribution < 1.29 is 0 Å². The molecule has 18 heavy (non-hydrogen) atoms. The van der Waals surface area contributed by atoms with Gasteiger partial charge in [-0.25, -0.2) is 0 Å². The monoisotopic (exact) mass is 305 g/mol. The molecule has 0 N–H and O–H groups in total. The summed E-state index contributed by atoms with van der Waals surface area (Å²) in [6.45, 7) is 8.35. The molecule has 0 aliphatic heterocycles. The highest BCUT2D eigenvalue weighted by molar-refractivity contribution is 9.09. The van der Waals surface area contributed by atoms with E-state index in [1.54, 1.807) is 12.4 Å². The number of hydrogen-bond acceptors (Lipinski definition) is 2. The highest BCUT2D eigenvalue weighted by Gasteiger charge is 2.23. The van der Waals surface area contributed by atoms with Crippen molar-refractivity contribution in [2.45, 2.75) is 32.1 Å². The lowest BCUT2D eigenvalue weighted by atomic mass is 9.85. The Morgan fingerprint density at radius 2 is 1.83 bits per heavy atom. The Morgan fingerprint density at radius 3 is 2.44 bits per heavy atom. The maximum atomic E-state index is 4.53. The average molecular weight is 306 g/mol. The van der Waals surface area contributed by atoms with Crippen molar-refractivity contribution in [1.29, 1.82) is 0 Å². The molecule has 0 saturated carbocycles. The number of alkyl halides is 1. The lowest BCUT2D eigenvalue weighted by Crippen LogP contribution is -2.20. The molecular weight excluding hydrogens is 288 g/mol. The van der Waals surface area contributed by atoms with Gasteiger partial charge in [0.2, 0.25) is 0 Å². The summed E-state index contributed by atoms with van der Waals surface area (Å²) < 4.78 is 0. The third-order valence-electron chi connectivity index (χ3n) is 3.22. The Labute approximate surface area is 117 Å². The van der Waals surface area contributed by atoms with Crippen LogP contribution in [0.2, 0.25) is 0 Å². The first kappa shape index (κ1) is 13.5. The summed E-state index contributed by atoms with van der Waals surface area (Å²) in [6.07, 6.45) is 5.36. The van der Waals surface area contributed by atoms with Gasteiger partial charge in [-0.2, -0.15) is 0 Å². The molecule has 2 nitrogen and oxygen atoms in total. The molecule has 0 aliphatic rings. The van der Waals surface area contributed by atoms with Crippen LogP contribution in [0.15, 0.2) is 24.5 Å². The van der Waals surface area contributed by atoms with E-state index in [-0.39, 0.29) is 5.41 Å². The number of fused-ring (bicyclic) bond motifs is 1. The van der Waals surface area contributed by atoms with Crippen molar-refractivity contribution in [1.82, 2.24) is 9.97 Å². The van der Waals surface area contributed by atoms with Crippen molar-refractivity contribution in [3.05, 3.63) is 42.6 Å². The second-order valence-corrected chi connectivity index (χ2v) is 5.71. The van der Waals surface area contributed by atoms with Crippen LogP contribution in [0.5, 0.6) is 0 Å². The van der Waals surface area contributed by atoms with E-state index in [1.807, 2.05) is 0 Å². The quantitative estimate of drug-likeness (QED) is 0.796. The molecule has 0 aliphatic carbocycles. The molecule has 0 unspecified atom stereocenters. The summed E-state index contributed by atoms with van der Waals surface area (Å²) in [5.74, 6) is 0. The normalized spacial score (nSPS) is 12.0. The van der Waals surface area contributed by atoms with Crippen molar-refractivity contribution >= 4 is 27.0 Å². The van der Waals surface area contributed by atoms with E-state index >= 15 is 0 Å². The van der Waals surface area contributed by atoms with Crippen LogP contribution in [0.4, 0.5) is 0 Å². The first-order valence-corrected chi connectivity index (χ1v) is 7.30. The summed E-state index contributed by atoms with van der Waals surface area (Å²) in [5, 5.41) is 0.903. The zero-order valence-electron chi connectivity index (χ0n) is 10.9. The third-order valence-corrected chi connectivity index (χ3v) is 4.62. The van der Waals surface area contributed by atoms with Gasteiger partial charge in [0.05, 0.1) is 11.0 Å². The summed E-state index contributed by atoms with van der Waals surface area (Å²) >= 11 is 3.58. The van der Waals surface area contributed by atoms with Gasteiger partial charge in [-0.3, -0.25) is 9.97 Å². The number of aromatic nitrogens is 2. The minimum atomic E-state index is 0.0529. The molecule has 1 aromatic carbocycles. The summed E-state index contributed by atoms with van der Waals surface area (Å²) in [7, 11) is 0. The van der Waals surface area contributed by atoms with Gasteiger partial charge in [0.25, 0.3) is 0 Å². The molecule has 0 spiro atoms. The van der Waals surface area contributed by atoms with E-state index in [2.05, 4.69) is 58.8 Å². The fourth-order valence-electron chi connectivity index (χ4n) is 2.12. The Morgan fingerprint density at radius 1 is 1.17 bits per heavy atom. The van der Waals surface area contributed by atoms with E-state index < -0.39 is 0 Å². The van der Waals surface area contributed by atoms with E-state index in [9.17, 15) is 0 Å². The van der Waals surface area contributed by atoms with Crippen LogP contribution in [-0.2, 0) is 11.8 Å². The highest BCUT2D eigenvalue weighted by atomic mass is 79.9. The van der Waals surface area contributed by atoms with E-state index in [1.165, 1.54) is 11.1 Å². The van der Waals surface area contributed by atoms with Gasteiger partial charge in [-0.15, -0.1) is 0 Å². The number of halogens is 1. The SMILES string of the molecule is [CH2]CCc1ccc(C(C)(C)CBr)c2nccnc12. The first-order valence-electron chi connectivity index (χ1n) is 6.18. The van der Waals surface area contributed by atoms with Gasteiger partial charge < -0.3 is 0 Å². The van der Waals surface area contributed by atoms with Gasteiger partial charge >= 0.3 is 0 Å². The van der Waals surface area contributed by atoms with Crippen LogP contribution in [0.3, 0.4) is 0 Å². The van der Waals surface area contributed by atoms with Crippen molar-refractivity contribution in [3.63, 3.8) is 0 Å². The summed E-state index contributed by atoms with van der Waals surface area (Å²) in [6, 6.07) is 4.35. The lowest BCUT2D eigenvalue weighted by Gasteiger charge is -2.24. The van der Waals surface area contributed by atoms with E-state index in [0.29, 0.717) is 0 Å². The zero-order chi connectivity index (χ0) is 13.2. The topological polar surface area (TPSA) is 25.8 Å². The van der Waals surface area contributed by atoms with Crippen molar-refractivity contribution in [2.24, 2.45) is 0 Å². The number of aryl methyl sites for hydroxylation is 1. The minimum absolute atomic E-state index is 0.0529. The molecule has 0 bridgehead atoms. The smallest absolute Gasteiger partial charge is 0.0927 e. The fourth-order valence-corrected chi connectivity index (χ4v) is 2.42. The molecular formula is C15H18BrN2. The Hall–Kier alpha value is -0.960. The molecule has 0 saturated heterocycles. The average Bonchev–Trinajstić information content (AvgIpc) is 2.39. The molecule has 0 amide bonds. The first-order chi connectivity index (χ1) is 8.60. The zero-order valence-corrected chi connectivity index (χ0v) is 12.5. The fraction of sp³-hybridized carbons (Fsp3) is 0.400. The van der Waals surface area contributed by atoms with Crippen LogP contribution >= 0.6 is 15.9 Å². The second-order valence-electron chi connectivity index (χ2n) is 5.15. The molecule has 2 rings (SSSR count). The minimum Gasteiger partial charge on any atom is -0.253 e. The number of benzene rings is 1. The molecule has 2 aromatic rings. The number of rotatable bonds is 4. The largest absolute Gasteiger partial charge is 0.253 e. The van der Waals surface area contributed by atoms with Crippen LogP contribution in [0, 0.1) is 6.92 Å². The third kappa shape index (κ3) is 2.41. The predicted molar refractivity (Wildman–Crippen MR) is 80.0 cm³/mol. The molecule has 1 heterocycles. The molecule has 0 atom stereocenters. The molecule has 3 heteroatoms. The number of nitrogens with zero attached hydrogens (tertiary/aromatic N) is 2. The van der Waals surface area contributed by atoms with Gasteiger partial charge in [-0.05, 0) is 24.0 Å². The Balaban J connectivity index is 2.68. The van der Waals surface area contributed by atoms with Gasteiger partial charge in [0, 0.05) is 23.1 Å². The molecule has 1 radical (unpaired) electrons. The van der Waals surface area contributed by atoms with Crippen LogP contribution in [0.1, 0.15) is 31.4 Å². The molecule has 0 fully saturated rings. The van der Waals surface area contributed by atoms with Gasteiger partial charge in [0.15, 0.2) is 0 Å². The maximum absolute atomic E-state index is 4.53. The van der Waals surface area contributed by atoms with Gasteiger partial charge in [-0.1, -0.05) is 48.8 Å². The van der Waals surface area contributed by atoms with E-state index in [0.717, 1.165) is 29.2 Å². The van der Waals surface area contributed by atoms with Crippen molar-refractivity contribution in [3.8, 4) is 0 Å². The highest BCUT2D eigenvalue weighted by Crippen LogP contribution is 2.31. The van der Waals surface area contributed by atoms with Crippen LogP contribution < -0.4 is 0 Å². The lowest BCUT2D eigenvalue weighted by molar-refractivity contribution is 0.610. The second kappa shape index (κ2) is 5.35. The predicted octanol–water partition coefficient (Wildman–Crippen LogP) is 4.07. The maximum Gasteiger partial charge on any atom is 0.0927 e. The molecule has 1 aromatic heterocycles. The van der Waals surface area contributed by atoms with Crippen LogP contribution in [-0.4, -0.2) is 15.3 Å². The van der Waals surface area contributed by atoms with E-state index in [4.69, 9.17) is 0 Å². The summed E-state index contributed by atoms with van der Waals surface area (Å²) in [4.78, 5) is 9.04. The molecule has 95 valence electrons. The van der Waals surface area contributed by atoms with Crippen LogP contribution in [0.25, 0.3) is 11.0 Å². The number of hydrogen-bond donors (Lipinski definition) is 0. The van der Waals surface area contributed by atoms with Gasteiger partial charge in [0.1, 0.15) is 0 Å². The summed E-state index contributed by atoms with van der Waals surface area (Å²) in [5.41, 5.74) is 4.58. The van der Waals surface area contributed by atoms with Crippen molar-refractivity contribution in [2.75, 3.05) is 5.33 Å². The Kier molecular flexibility index (Phi) is 4.00. The Bertz CT molecular complexity index is 549.